The standard InChI is InChI=1S/C17H25N5O15P2/c1-6(23)34-13-8(36-17(27)12(13)26)3-33-39(30,31)37-38(28,29)32-2-7-10(24)11(25)16(35-7)22-5-21-9-14(18)19-4-20-15(9)22/h4-5,7-8,10-13,16-17,24-27H,2-3H2,1H3,(H,28,29)(H,30,31)(H2,18,19,20)/p-2/t7-,8-,10-,11-,12-,13-,16-,17?/m1/s1. The van der Waals surface area contributed by atoms with E-state index < -0.39 is 84.0 Å². The lowest BCUT2D eigenvalue weighted by atomic mass is 10.1. The van der Waals surface area contributed by atoms with Gasteiger partial charge < -0.3 is 59.2 Å². The van der Waals surface area contributed by atoms with Gasteiger partial charge in [-0.3, -0.25) is 18.5 Å². The van der Waals surface area contributed by atoms with Crippen LogP contribution in [-0.2, 0) is 41.5 Å². The average Bonchev–Trinajstić information content (AvgIpc) is 3.47. The Labute approximate surface area is 218 Å². The number of anilines is 1. The van der Waals surface area contributed by atoms with Crippen LogP contribution >= 0.6 is 15.6 Å². The molecule has 0 radical (unpaired) electrons. The maximum atomic E-state index is 12.1. The Kier molecular flexibility index (Phi) is 8.70. The summed E-state index contributed by atoms with van der Waals surface area (Å²) in [5, 5.41) is 40.0. The number of esters is 1. The van der Waals surface area contributed by atoms with Gasteiger partial charge in [0.1, 0.15) is 42.4 Å². The fourth-order valence-electron chi connectivity index (χ4n) is 3.84. The first-order valence-electron chi connectivity index (χ1n) is 10.9. The van der Waals surface area contributed by atoms with Crippen LogP contribution in [0, 0.1) is 0 Å². The zero-order chi connectivity index (χ0) is 28.7. The predicted octanol–water partition coefficient (Wildman–Crippen LogP) is -3.98. The third kappa shape index (κ3) is 6.60. The Morgan fingerprint density at radius 2 is 1.67 bits per heavy atom. The average molecular weight is 599 g/mol. The smallest absolute Gasteiger partial charge is 0.303 e. The van der Waals surface area contributed by atoms with Gasteiger partial charge in [0.15, 0.2) is 30.1 Å². The maximum absolute atomic E-state index is 12.1. The van der Waals surface area contributed by atoms with Crippen molar-refractivity contribution in [2.75, 3.05) is 18.9 Å². The van der Waals surface area contributed by atoms with E-state index in [0.29, 0.717) is 0 Å². The SMILES string of the molecule is CC(=O)O[C@@H]1[C@@H](COP(=O)([O-])OP(=O)([O-])OC[C@H]2O[C@@H](n3cnc4c(N)ncnc43)[C@H](O)[C@@H]2O)OC(O)[C@@H]1O. The Morgan fingerprint density at radius 1 is 1.03 bits per heavy atom. The minimum absolute atomic E-state index is 0.0362. The summed E-state index contributed by atoms with van der Waals surface area (Å²) < 4.78 is 53.4. The van der Waals surface area contributed by atoms with Crippen molar-refractivity contribution in [3.8, 4) is 0 Å². The van der Waals surface area contributed by atoms with Crippen LogP contribution < -0.4 is 15.5 Å². The zero-order valence-electron chi connectivity index (χ0n) is 19.7. The Hall–Kier alpha value is -2.16. The van der Waals surface area contributed by atoms with Gasteiger partial charge in [0.05, 0.1) is 19.5 Å². The molecule has 2 fully saturated rings. The van der Waals surface area contributed by atoms with Gasteiger partial charge in [0.25, 0.3) is 15.6 Å². The molecule has 2 aromatic rings. The fourth-order valence-corrected chi connectivity index (χ4v) is 5.86. The van der Waals surface area contributed by atoms with E-state index in [1.54, 1.807) is 0 Å². The molecule has 2 aliphatic rings. The molecular formula is C17H23N5O15P2-2. The normalized spacial score (nSPS) is 34.1. The molecule has 39 heavy (non-hydrogen) atoms. The Morgan fingerprint density at radius 3 is 2.31 bits per heavy atom. The van der Waals surface area contributed by atoms with E-state index in [0.717, 1.165) is 13.3 Å². The number of rotatable bonds is 10. The molecule has 218 valence electrons. The highest BCUT2D eigenvalue weighted by atomic mass is 31.3. The van der Waals surface area contributed by atoms with E-state index in [4.69, 9.17) is 19.9 Å². The summed E-state index contributed by atoms with van der Waals surface area (Å²) in [4.78, 5) is 47.1. The van der Waals surface area contributed by atoms with Crippen molar-refractivity contribution in [2.45, 2.75) is 56.1 Å². The molecule has 0 amide bonds. The summed E-state index contributed by atoms with van der Waals surface area (Å²) in [6.45, 7) is -1.02. The summed E-state index contributed by atoms with van der Waals surface area (Å²) in [6.07, 6.45) is -10.4. The molecule has 6 N–H and O–H groups in total. The summed E-state index contributed by atoms with van der Waals surface area (Å²) >= 11 is 0. The molecule has 0 bridgehead atoms. The number of phosphoric ester groups is 2. The van der Waals surface area contributed by atoms with Gasteiger partial charge in [-0.15, -0.1) is 0 Å². The largest absolute Gasteiger partial charge is 0.756 e. The van der Waals surface area contributed by atoms with E-state index in [2.05, 4.69) is 28.3 Å². The van der Waals surface area contributed by atoms with Crippen molar-refractivity contribution in [1.82, 2.24) is 19.5 Å². The second-order valence-corrected chi connectivity index (χ2v) is 11.3. The molecule has 0 saturated carbocycles. The number of nitrogens with zero attached hydrogens (tertiary/aromatic N) is 4. The first-order chi connectivity index (χ1) is 18.2. The number of hydrogen-bond acceptors (Lipinski definition) is 19. The van der Waals surface area contributed by atoms with Crippen LogP contribution in [0.1, 0.15) is 13.2 Å². The van der Waals surface area contributed by atoms with Crippen molar-refractivity contribution in [3.63, 3.8) is 0 Å². The van der Waals surface area contributed by atoms with Crippen LogP contribution in [0.2, 0.25) is 0 Å². The molecule has 4 rings (SSSR count). The molecule has 2 saturated heterocycles. The third-order valence-electron chi connectivity index (χ3n) is 5.60. The van der Waals surface area contributed by atoms with Gasteiger partial charge in [-0.05, 0) is 0 Å². The van der Waals surface area contributed by atoms with Crippen molar-refractivity contribution in [2.24, 2.45) is 0 Å². The first kappa shape index (κ1) is 29.8. The number of ether oxygens (including phenoxy) is 3. The molecule has 2 aromatic heterocycles. The van der Waals surface area contributed by atoms with Crippen LogP contribution in [0.4, 0.5) is 5.82 Å². The van der Waals surface area contributed by atoms with E-state index in [-0.39, 0.29) is 17.0 Å². The lowest BCUT2D eigenvalue weighted by Gasteiger charge is -2.32. The molecule has 22 heteroatoms. The van der Waals surface area contributed by atoms with Crippen LogP contribution in [0.3, 0.4) is 0 Å². The number of aromatic nitrogens is 4. The van der Waals surface area contributed by atoms with Gasteiger partial charge >= 0.3 is 5.97 Å². The second kappa shape index (κ2) is 11.4. The van der Waals surface area contributed by atoms with Crippen LogP contribution in [0.15, 0.2) is 12.7 Å². The minimum Gasteiger partial charge on any atom is -0.756 e. The van der Waals surface area contributed by atoms with Crippen molar-refractivity contribution >= 4 is 38.6 Å². The van der Waals surface area contributed by atoms with E-state index in [1.807, 2.05) is 0 Å². The topological polar surface area (TPSA) is 303 Å². The summed E-state index contributed by atoms with van der Waals surface area (Å²) in [5.41, 5.74) is 6.03. The number of fused-ring (bicyclic) bond motifs is 1. The lowest BCUT2D eigenvalue weighted by Crippen LogP contribution is -2.38. The minimum atomic E-state index is -5.67. The van der Waals surface area contributed by atoms with Gasteiger partial charge in [-0.2, -0.15) is 0 Å². The van der Waals surface area contributed by atoms with Crippen LogP contribution in [0.5, 0.6) is 0 Å². The molecule has 3 unspecified atom stereocenters. The molecule has 0 aliphatic carbocycles. The number of nitrogens with two attached hydrogens (primary N) is 1. The second-order valence-electron chi connectivity index (χ2n) is 8.33. The number of carbonyl (C=O) groups excluding carboxylic acids is 1. The van der Waals surface area contributed by atoms with Gasteiger partial charge in [0, 0.05) is 6.92 Å². The molecule has 2 aliphatic heterocycles. The molecule has 10 atom stereocenters. The van der Waals surface area contributed by atoms with Crippen LogP contribution in [-0.4, -0.2) is 102 Å². The Balaban J connectivity index is 1.34. The number of imidazole rings is 1. The summed E-state index contributed by atoms with van der Waals surface area (Å²) in [5.74, 6) is -0.850. The fraction of sp³-hybridized carbons (Fsp3) is 0.647. The maximum Gasteiger partial charge on any atom is 0.303 e. The molecule has 4 heterocycles. The third-order valence-corrected chi connectivity index (χ3v) is 8.13. The summed E-state index contributed by atoms with van der Waals surface area (Å²) in [7, 11) is -11.3. The van der Waals surface area contributed by atoms with Crippen LogP contribution in [0.25, 0.3) is 11.2 Å². The zero-order valence-corrected chi connectivity index (χ0v) is 21.5. The molecule has 0 spiro atoms. The highest BCUT2D eigenvalue weighted by Crippen LogP contribution is 2.56. The number of aliphatic hydroxyl groups is 4. The van der Waals surface area contributed by atoms with Crippen molar-refractivity contribution in [3.05, 3.63) is 12.7 Å². The quantitative estimate of drug-likeness (QED) is 0.128. The molecule has 0 aromatic carbocycles. The van der Waals surface area contributed by atoms with Gasteiger partial charge in [-0.25, -0.2) is 19.3 Å². The summed E-state index contributed by atoms with van der Waals surface area (Å²) in [6, 6.07) is 0. The number of carbonyl (C=O) groups is 1. The highest BCUT2D eigenvalue weighted by Gasteiger charge is 2.47. The number of aliphatic hydroxyl groups excluding tert-OH is 4. The number of hydrogen-bond donors (Lipinski definition) is 5. The van der Waals surface area contributed by atoms with Crippen molar-refractivity contribution < 1.29 is 71.7 Å². The monoisotopic (exact) mass is 599 g/mol. The van der Waals surface area contributed by atoms with E-state index in [1.165, 1.54) is 10.9 Å². The lowest BCUT2D eigenvalue weighted by molar-refractivity contribution is -0.247. The Bertz CT molecular complexity index is 1300. The molecule has 20 nitrogen and oxygen atoms in total. The van der Waals surface area contributed by atoms with Gasteiger partial charge in [-0.1, -0.05) is 0 Å². The highest BCUT2D eigenvalue weighted by molar-refractivity contribution is 7.59. The first-order valence-corrected chi connectivity index (χ1v) is 13.9. The number of phosphoric acid groups is 2. The molecular weight excluding hydrogens is 576 g/mol. The van der Waals surface area contributed by atoms with E-state index in [9.17, 15) is 44.1 Å². The van der Waals surface area contributed by atoms with E-state index >= 15 is 0 Å². The predicted molar refractivity (Wildman–Crippen MR) is 116 cm³/mol. The van der Waals surface area contributed by atoms with Crippen molar-refractivity contribution in [1.29, 1.82) is 0 Å². The van der Waals surface area contributed by atoms with Gasteiger partial charge in [0.2, 0.25) is 0 Å². The number of nitrogen functional groups attached to an aromatic ring is 1.